The monoisotopic (exact) mass is 427 g/mol. The number of anilines is 1. The Labute approximate surface area is 188 Å². The fourth-order valence-electron chi connectivity index (χ4n) is 4.50. The van der Waals surface area contributed by atoms with Crippen molar-refractivity contribution in [3.05, 3.63) is 66.6 Å². The van der Waals surface area contributed by atoms with Crippen molar-refractivity contribution in [3.8, 4) is 11.4 Å². The number of hydrogen-bond donors (Lipinski definition) is 1. The largest absolute Gasteiger partial charge is 0.399 e. The number of nitrogens with two attached hydrogens (primary N) is 1. The number of rotatable bonds is 6. The summed E-state index contributed by atoms with van der Waals surface area (Å²) in [7, 11) is 0. The summed E-state index contributed by atoms with van der Waals surface area (Å²) in [5, 5.41) is 4.68. The maximum absolute atomic E-state index is 5.93. The van der Waals surface area contributed by atoms with Gasteiger partial charge in [-0.3, -0.25) is 4.68 Å². The van der Waals surface area contributed by atoms with E-state index in [0.29, 0.717) is 18.3 Å². The molecule has 4 aromatic rings. The van der Waals surface area contributed by atoms with E-state index in [4.69, 9.17) is 15.7 Å². The average Bonchev–Trinajstić information content (AvgIpc) is 3.52. The van der Waals surface area contributed by atoms with Crippen LogP contribution in [0.3, 0.4) is 0 Å². The maximum atomic E-state index is 5.93. The summed E-state index contributed by atoms with van der Waals surface area (Å²) in [6.07, 6.45) is 6.39. The zero-order chi connectivity index (χ0) is 22.2. The lowest BCUT2D eigenvalue weighted by Crippen LogP contribution is -2.26. The molecule has 1 fully saturated rings. The predicted octanol–water partition coefficient (Wildman–Crippen LogP) is 4.28. The third-order valence-electron chi connectivity index (χ3n) is 6.31. The molecule has 2 N–H and O–H groups in total. The molecule has 1 aliphatic rings. The van der Waals surface area contributed by atoms with Crippen LogP contribution in [0.2, 0.25) is 0 Å². The summed E-state index contributed by atoms with van der Waals surface area (Å²) in [6, 6.07) is 12.9. The first kappa shape index (κ1) is 20.3. The van der Waals surface area contributed by atoms with Crippen molar-refractivity contribution in [2.45, 2.75) is 45.8 Å². The summed E-state index contributed by atoms with van der Waals surface area (Å²) < 4.78 is 4.15. The van der Waals surface area contributed by atoms with Gasteiger partial charge in [-0.05, 0) is 62.6 Å². The maximum Gasteiger partial charge on any atom is 0.143 e. The van der Waals surface area contributed by atoms with E-state index in [2.05, 4.69) is 59.3 Å². The van der Waals surface area contributed by atoms with E-state index in [1.807, 2.05) is 29.2 Å². The number of imidazole rings is 1. The number of fused-ring (bicyclic) bond motifs is 1. The molecule has 3 aromatic heterocycles. The molecular weight excluding hydrogens is 398 g/mol. The molecule has 164 valence electrons. The van der Waals surface area contributed by atoms with Crippen LogP contribution >= 0.6 is 0 Å². The van der Waals surface area contributed by atoms with Crippen LogP contribution in [0, 0.1) is 0 Å². The van der Waals surface area contributed by atoms with Gasteiger partial charge in [-0.25, -0.2) is 9.97 Å². The highest BCUT2D eigenvalue weighted by Crippen LogP contribution is 2.29. The van der Waals surface area contributed by atoms with E-state index in [-0.39, 0.29) is 0 Å². The van der Waals surface area contributed by atoms with Crippen LogP contribution in [0.1, 0.15) is 37.9 Å². The van der Waals surface area contributed by atoms with E-state index < -0.39 is 0 Å². The van der Waals surface area contributed by atoms with Gasteiger partial charge in [0, 0.05) is 42.8 Å². The average molecular weight is 428 g/mol. The van der Waals surface area contributed by atoms with Crippen molar-refractivity contribution in [1.29, 1.82) is 0 Å². The van der Waals surface area contributed by atoms with Crippen LogP contribution in [-0.4, -0.2) is 36.9 Å². The third-order valence-corrected chi connectivity index (χ3v) is 6.31. The Morgan fingerprint density at radius 2 is 2.09 bits per heavy atom. The van der Waals surface area contributed by atoms with Gasteiger partial charge in [0.2, 0.25) is 0 Å². The second-order valence-electron chi connectivity index (χ2n) is 8.50. The van der Waals surface area contributed by atoms with Crippen LogP contribution in [0.25, 0.3) is 28.1 Å². The van der Waals surface area contributed by atoms with Crippen molar-refractivity contribution in [3.63, 3.8) is 0 Å². The Morgan fingerprint density at radius 1 is 1.22 bits per heavy atom. The molecule has 1 aromatic carbocycles. The molecule has 7 heteroatoms. The summed E-state index contributed by atoms with van der Waals surface area (Å²) >= 11 is 0. The lowest BCUT2D eigenvalue weighted by molar-refractivity contribution is 0.639. The minimum atomic E-state index is 0.536. The van der Waals surface area contributed by atoms with Gasteiger partial charge in [0.05, 0.1) is 23.3 Å². The molecule has 0 spiro atoms. The Hall–Kier alpha value is -3.61. The standard InChI is InChI=1S/C25H29N7/c1-4-30-13-11-21(29-30)16-32-23-9-7-19(18(3)26)14-22(23)28-25(32)20-8-10-24(27-15-20)31-12-5-6-17(31)2/h7-11,13-15,17H,3-6,12,16,26H2,1-2H3/t17-/m0/s1. The van der Waals surface area contributed by atoms with Gasteiger partial charge >= 0.3 is 0 Å². The Bertz CT molecular complexity index is 1270. The molecule has 0 amide bonds. The fraction of sp³-hybridized carbons (Fsp3) is 0.320. The van der Waals surface area contributed by atoms with Crippen LogP contribution < -0.4 is 10.6 Å². The molecular formula is C25H29N7. The number of benzene rings is 1. The van der Waals surface area contributed by atoms with Crippen molar-refractivity contribution in [2.75, 3.05) is 11.4 Å². The summed E-state index contributed by atoms with van der Waals surface area (Å²) in [4.78, 5) is 12.1. The van der Waals surface area contributed by atoms with Crippen molar-refractivity contribution >= 4 is 22.5 Å². The molecule has 4 heterocycles. The van der Waals surface area contributed by atoms with Crippen molar-refractivity contribution < 1.29 is 0 Å². The second kappa shape index (κ2) is 8.15. The zero-order valence-electron chi connectivity index (χ0n) is 18.7. The lowest BCUT2D eigenvalue weighted by atomic mass is 10.1. The first-order valence-electron chi connectivity index (χ1n) is 11.2. The van der Waals surface area contributed by atoms with Gasteiger partial charge < -0.3 is 15.2 Å². The number of aromatic nitrogens is 5. The lowest BCUT2D eigenvalue weighted by Gasteiger charge is -2.22. The first-order chi connectivity index (χ1) is 15.5. The first-order valence-corrected chi connectivity index (χ1v) is 11.2. The third kappa shape index (κ3) is 3.64. The summed E-state index contributed by atoms with van der Waals surface area (Å²) in [5.41, 5.74) is 11.3. The van der Waals surface area contributed by atoms with Gasteiger partial charge in [-0.1, -0.05) is 12.6 Å². The number of hydrogen-bond acceptors (Lipinski definition) is 5. The van der Waals surface area contributed by atoms with Gasteiger partial charge in [0.25, 0.3) is 0 Å². The van der Waals surface area contributed by atoms with Crippen LogP contribution in [0.5, 0.6) is 0 Å². The molecule has 0 radical (unpaired) electrons. The molecule has 0 saturated carbocycles. The van der Waals surface area contributed by atoms with E-state index in [1.165, 1.54) is 12.8 Å². The Balaban J connectivity index is 1.57. The Morgan fingerprint density at radius 3 is 2.75 bits per heavy atom. The molecule has 1 aliphatic heterocycles. The molecule has 0 bridgehead atoms. The highest BCUT2D eigenvalue weighted by molar-refractivity contribution is 5.84. The van der Waals surface area contributed by atoms with Crippen LogP contribution in [-0.2, 0) is 13.1 Å². The van der Waals surface area contributed by atoms with E-state index in [1.54, 1.807) is 0 Å². The SMILES string of the molecule is C=C(N)c1ccc2c(c1)nc(-c1ccc(N3CCC[C@@H]3C)nc1)n2Cc1ccn(CC)n1. The fourth-order valence-corrected chi connectivity index (χ4v) is 4.50. The highest BCUT2D eigenvalue weighted by atomic mass is 15.3. The topological polar surface area (TPSA) is 77.8 Å². The minimum Gasteiger partial charge on any atom is -0.399 e. The minimum absolute atomic E-state index is 0.536. The van der Waals surface area contributed by atoms with Gasteiger partial charge in [0.1, 0.15) is 11.6 Å². The Kier molecular flexibility index (Phi) is 5.17. The van der Waals surface area contributed by atoms with Gasteiger partial charge in [-0.2, -0.15) is 5.10 Å². The molecule has 32 heavy (non-hydrogen) atoms. The molecule has 0 aliphatic carbocycles. The van der Waals surface area contributed by atoms with Crippen LogP contribution in [0.15, 0.2) is 55.4 Å². The van der Waals surface area contributed by atoms with Gasteiger partial charge in [-0.15, -0.1) is 0 Å². The van der Waals surface area contributed by atoms with E-state index in [0.717, 1.165) is 52.6 Å². The predicted molar refractivity (Wildman–Crippen MR) is 129 cm³/mol. The van der Waals surface area contributed by atoms with E-state index in [9.17, 15) is 0 Å². The summed E-state index contributed by atoms with van der Waals surface area (Å²) in [6.45, 7) is 10.8. The molecule has 1 atom stereocenters. The molecule has 1 saturated heterocycles. The van der Waals surface area contributed by atoms with Gasteiger partial charge in [0.15, 0.2) is 0 Å². The molecule has 0 unspecified atom stereocenters. The van der Waals surface area contributed by atoms with E-state index >= 15 is 0 Å². The second-order valence-corrected chi connectivity index (χ2v) is 8.50. The highest BCUT2D eigenvalue weighted by Gasteiger charge is 2.22. The number of nitrogens with zero attached hydrogens (tertiary/aromatic N) is 6. The van der Waals surface area contributed by atoms with Crippen molar-refractivity contribution in [1.82, 2.24) is 24.3 Å². The normalized spacial score (nSPS) is 16.2. The quantitative estimate of drug-likeness (QED) is 0.497. The zero-order valence-corrected chi connectivity index (χ0v) is 18.7. The molecule has 5 rings (SSSR count). The van der Waals surface area contributed by atoms with Crippen LogP contribution in [0.4, 0.5) is 5.82 Å². The summed E-state index contributed by atoms with van der Waals surface area (Å²) in [5.74, 6) is 1.91. The smallest absolute Gasteiger partial charge is 0.143 e. The number of pyridine rings is 1. The number of aryl methyl sites for hydroxylation is 1. The molecule has 7 nitrogen and oxygen atoms in total. The van der Waals surface area contributed by atoms with Crippen molar-refractivity contribution in [2.24, 2.45) is 5.73 Å².